The summed E-state index contributed by atoms with van der Waals surface area (Å²) in [6, 6.07) is 13.1. The smallest absolute Gasteiger partial charge is 0.338 e. The predicted octanol–water partition coefficient (Wildman–Crippen LogP) is 3.58. The van der Waals surface area contributed by atoms with Crippen molar-refractivity contribution in [2.45, 2.75) is 33.3 Å². The van der Waals surface area contributed by atoms with Gasteiger partial charge in [0.05, 0.1) is 11.6 Å². The van der Waals surface area contributed by atoms with Crippen LogP contribution in [0.4, 0.5) is 5.69 Å². The number of esters is 1. The topological polar surface area (TPSA) is 96.3 Å². The number of nitrogens with one attached hydrogen (secondary N) is 1. The van der Waals surface area contributed by atoms with Gasteiger partial charge in [-0.05, 0) is 62.2 Å². The normalized spacial score (nSPS) is 11.2. The Kier molecular flexibility index (Phi) is 6.45. The van der Waals surface area contributed by atoms with Gasteiger partial charge in [0, 0.05) is 11.3 Å². The highest BCUT2D eigenvalue weighted by Crippen LogP contribution is 2.15. The molecule has 0 saturated heterocycles. The van der Waals surface area contributed by atoms with Gasteiger partial charge in [-0.2, -0.15) is 5.26 Å². The van der Waals surface area contributed by atoms with Crippen molar-refractivity contribution in [2.75, 3.05) is 5.32 Å². The van der Waals surface area contributed by atoms with Gasteiger partial charge in [-0.25, -0.2) is 4.79 Å². The van der Waals surface area contributed by atoms with Crippen LogP contribution < -0.4 is 5.32 Å². The van der Waals surface area contributed by atoms with E-state index >= 15 is 0 Å². The maximum absolute atomic E-state index is 12.5. The highest BCUT2D eigenvalue weighted by atomic mass is 16.5. The third-order valence-corrected chi connectivity index (χ3v) is 4.09. The molecule has 0 unspecified atom stereocenters. The molecule has 1 atom stereocenters. The number of ketones is 1. The molecule has 138 valence electrons. The number of carbonyl (C=O) groups is 3. The molecular weight excluding hydrogens is 344 g/mol. The van der Waals surface area contributed by atoms with Crippen LogP contribution >= 0.6 is 0 Å². The summed E-state index contributed by atoms with van der Waals surface area (Å²) in [6.07, 6.45) is -1.17. The second kappa shape index (κ2) is 8.77. The Morgan fingerprint density at radius 1 is 1.04 bits per heavy atom. The van der Waals surface area contributed by atoms with Crippen molar-refractivity contribution in [3.63, 3.8) is 0 Å². The summed E-state index contributed by atoms with van der Waals surface area (Å²) >= 11 is 0. The van der Waals surface area contributed by atoms with E-state index < -0.39 is 18.0 Å². The molecule has 0 bridgehead atoms. The Hall–Kier alpha value is -3.46. The van der Waals surface area contributed by atoms with E-state index in [1.807, 2.05) is 19.9 Å². The van der Waals surface area contributed by atoms with Gasteiger partial charge in [0.1, 0.15) is 6.42 Å². The molecule has 0 saturated carbocycles. The van der Waals surface area contributed by atoms with Crippen LogP contribution in [-0.4, -0.2) is 23.8 Å². The van der Waals surface area contributed by atoms with Crippen LogP contribution in [0.2, 0.25) is 0 Å². The van der Waals surface area contributed by atoms with Crippen molar-refractivity contribution >= 4 is 23.3 Å². The molecule has 1 N–H and O–H groups in total. The zero-order chi connectivity index (χ0) is 20.0. The quantitative estimate of drug-likeness (QED) is 0.624. The fraction of sp³-hybridized carbons (Fsp3) is 0.238. The molecule has 27 heavy (non-hydrogen) atoms. The average Bonchev–Trinajstić information content (AvgIpc) is 2.64. The van der Waals surface area contributed by atoms with Crippen LogP contribution in [0.15, 0.2) is 42.5 Å². The molecule has 6 nitrogen and oxygen atoms in total. The van der Waals surface area contributed by atoms with Gasteiger partial charge in [0.15, 0.2) is 6.10 Å². The fourth-order valence-corrected chi connectivity index (χ4v) is 2.38. The van der Waals surface area contributed by atoms with Crippen molar-refractivity contribution in [3.05, 3.63) is 64.7 Å². The van der Waals surface area contributed by atoms with Gasteiger partial charge in [0.2, 0.25) is 11.7 Å². The monoisotopic (exact) mass is 364 g/mol. The SMILES string of the molecule is Cc1ccc(C(=O)[C@@H](C)OC(=O)c2ccc(NC(=O)CC#N)cc2)cc1C. The summed E-state index contributed by atoms with van der Waals surface area (Å²) < 4.78 is 5.26. The number of nitrogens with zero attached hydrogens (tertiary/aromatic N) is 1. The number of Topliss-reactive ketones (excluding diaryl/α,β-unsaturated/α-hetero) is 1. The number of amides is 1. The number of benzene rings is 2. The summed E-state index contributed by atoms with van der Waals surface area (Å²) in [5, 5.41) is 11.0. The summed E-state index contributed by atoms with van der Waals surface area (Å²) in [6.45, 7) is 5.41. The lowest BCUT2D eigenvalue weighted by molar-refractivity contribution is -0.115. The maximum Gasteiger partial charge on any atom is 0.338 e. The van der Waals surface area contributed by atoms with E-state index in [2.05, 4.69) is 5.32 Å². The van der Waals surface area contributed by atoms with Crippen molar-refractivity contribution < 1.29 is 19.1 Å². The van der Waals surface area contributed by atoms with E-state index in [9.17, 15) is 14.4 Å². The van der Waals surface area contributed by atoms with E-state index in [1.54, 1.807) is 18.2 Å². The fourth-order valence-electron chi connectivity index (χ4n) is 2.38. The number of ether oxygens (including phenoxy) is 1. The molecule has 2 rings (SSSR count). The van der Waals surface area contributed by atoms with Crippen molar-refractivity contribution in [3.8, 4) is 6.07 Å². The van der Waals surface area contributed by atoms with E-state index in [0.717, 1.165) is 11.1 Å². The van der Waals surface area contributed by atoms with Gasteiger partial charge >= 0.3 is 5.97 Å². The van der Waals surface area contributed by atoms with E-state index in [4.69, 9.17) is 10.00 Å². The number of carbonyl (C=O) groups excluding carboxylic acids is 3. The van der Waals surface area contributed by atoms with Crippen LogP contribution in [-0.2, 0) is 9.53 Å². The molecule has 0 fully saturated rings. The third kappa shape index (κ3) is 5.25. The maximum atomic E-state index is 12.5. The summed E-state index contributed by atoms with van der Waals surface area (Å²) in [7, 11) is 0. The predicted molar refractivity (Wildman–Crippen MR) is 100 cm³/mol. The molecule has 2 aromatic carbocycles. The number of hydrogen-bond acceptors (Lipinski definition) is 5. The lowest BCUT2D eigenvalue weighted by Gasteiger charge is -2.13. The van der Waals surface area contributed by atoms with E-state index in [1.165, 1.54) is 31.2 Å². The van der Waals surface area contributed by atoms with Gasteiger partial charge < -0.3 is 10.1 Å². The molecule has 0 aromatic heterocycles. The number of aryl methyl sites for hydroxylation is 2. The number of anilines is 1. The largest absolute Gasteiger partial charge is 0.451 e. The van der Waals surface area contributed by atoms with Crippen molar-refractivity contribution in [2.24, 2.45) is 0 Å². The second-order valence-corrected chi connectivity index (χ2v) is 6.17. The zero-order valence-electron chi connectivity index (χ0n) is 15.4. The third-order valence-electron chi connectivity index (χ3n) is 4.09. The molecule has 0 heterocycles. The average molecular weight is 364 g/mol. The lowest BCUT2D eigenvalue weighted by atomic mass is 10.0. The molecule has 0 aliphatic carbocycles. The molecule has 0 aliphatic rings. The molecular formula is C21H20N2O4. The molecule has 0 spiro atoms. The Morgan fingerprint density at radius 2 is 1.67 bits per heavy atom. The minimum absolute atomic E-state index is 0.248. The van der Waals surface area contributed by atoms with Crippen LogP contribution in [0.5, 0.6) is 0 Å². The van der Waals surface area contributed by atoms with Gasteiger partial charge in [-0.3, -0.25) is 9.59 Å². The zero-order valence-corrected chi connectivity index (χ0v) is 15.4. The first kappa shape index (κ1) is 19.9. The van der Waals surface area contributed by atoms with Crippen LogP contribution in [0.1, 0.15) is 45.2 Å². The van der Waals surface area contributed by atoms with Gasteiger partial charge in [-0.15, -0.1) is 0 Å². The number of rotatable bonds is 6. The van der Waals surface area contributed by atoms with Crippen LogP contribution in [0.25, 0.3) is 0 Å². The molecule has 0 radical (unpaired) electrons. The highest BCUT2D eigenvalue weighted by Gasteiger charge is 2.20. The Labute approximate surface area is 157 Å². The number of nitriles is 1. The molecule has 1 amide bonds. The minimum Gasteiger partial charge on any atom is -0.451 e. The summed E-state index contributed by atoms with van der Waals surface area (Å²) in [5.74, 6) is -1.33. The van der Waals surface area contributed by atoms with E-state index in [-0.39, 0.29) is 17.8 Å². The lowest BCUT2D eigenvalue weighted by Crippen LogP contribution is -2.24. The first-order valence-electron chi connectivity index (χ1n) is 8.41. The first-order chi connectivity index (χ1) is 12.8. The van der Waals surface area contributed by atoms with Crippen LogP contribution in [0, 0.1) is 25.2 Å². The van der Waals surface area contributed by atoms with Crippen LogP contribution in [0.3, 0.4) is 0 Å². The second-order valence-electron chi connectivity index (χ2n) is 6.17. The minimum atomic E-state index is -0.922. The summed E-state index contributed by atoms with van der Waals surface area (Å²) in [5.41, 5.74) is 3.29. The standard InChI is InChI=1S/C21H20N2O4/c1-13-4-5-17(12-14(13)2)20(25)15(3)27-21(26)16-6-8-18(9-7-16)23-19(24)10-11-22/h4-9,12,15H,10H2,1-3H3,(H,23,24)/t15-/m1/s1. The molecule has 6 heteroatoms. The van der Waals surface area contributed by atoms with Crippen molar-refractivity contribution in [1.82, 2.24) is 0 Å². The molecule has 0 aliphatic heterocycles. The molecule has 2 aromatic rings. The van der Waals surface area contributed by atoms with E-state index in [0.29, 0.717) is 11.3 Å². The Balaban J connectivity index is 2.01. The highest BCUT2D eigenvalue weighted by molar-refractivity contribution is 6.01. The van der Waals surface area contributed by atoms with Gasteiger partial charge in [-0.1, -0.05) is 12.1 Å². The van der Waals surface area contributed by atoms with Crippen molar-refractivity contribution in [1.29, 1.82) is 5.26 Å². The Morgan fingerprint density at radius 3 is 2.26 bits per heavy atom. The first-order valence-corrected chi connectivity index (χ1v) is 8.41. The van der Waals surface area contributed by atoms with Gasteiger partial charge in [0.25, 0.3) is 0 Å². The number of hydrogen-bond donors (Lipinski definition) is 1. The Bertz CT molecular complexity index is 911. The summed E-state index contributed by atoms with van der Waals surface area (Å²) in [4.78, 5) is 36.1.